The van der Waals surface area contributed by atoms with Crippen molar-refractivity contribution >= 4 is 34.7 Å². The van der Waals surface area contributed by atoms with Gasteiger partial charge in [-0.3, -0.25) is 9.36 Å². The number of aromatic nitrogens is 4. The monoisotopic (exact) mass is 451 g/mol. The molecule has 1 amide bonds. The molecule has 0 radical (unpaired) electrons. The van der Waals surface area contributed by atoms with Crippen LogP contribution in [0.3, 0.4) is 0 Å². The number of carbonyl (C=O) groups is 1. The van der Waals surface area contributed by atoms with Crippen LogP contribution in [0.15, 0.2) is 70.3 Å². The molecule has 0 saturated carbocycles. The summed E-state index contributed by atoms with van der Waals surface area (Å²) in [7, 11) is 0. The number of hydrogen-bond donors (Lipinski definition) is 1. The number of furan rings is 1. The van der Waals surface area contributed by atoms with Gasteiger partial charge in [-0.25, -0.2) is 4.98 Å². The fourth-order valence-electron chi connectivity index (χ4n) is 2.89. The lowest BCUT2D eigenvalue weighted by atomic mass is 10.2. The Morgan fingerprint density at radius 3 is 2.87 bits per heavy atom. The van der Waals surface area contributed by atoms with Crippen LogP contribution in [0.2, 0.25) is 0 Å². The van der Waals surface area contributed by atoms with E-state index in [2.05, 4.69) is 27.1 Å². The van der Waals surface area contributed by atoms with Crippen LogP contribution in [0.25, 0.3) is 11.6 Å². The highest BCUT2D eigenvalue weighted by Crippen LogP contribution is 2.27. The van der Waals surface area contributed by atoms with Crippen molar-refractivity contribution < 1.29 is 9.21 Å². The molecule has 0 atom stereocenters. The normalized spacial score (nSPS) is 10.9. The molecule has 1 N–H and O–H groups in total. The van der Waals surface area contributed by atoms with Crippen LogP contribution in [-0.2, 0) is 23.5 Å². The zero-order valence-electron chi connectivity index (χ0n) is 16.9. The lowest BCUT2D eigenvalue weighted by Gasteiger charge is -2.05. The molecule has 0 spiro atoms. The second-order valence-electron chi connectivity index (χ2n) is 6.79. The van der Waals surface area contributed by atoms with E-state index < -0.39 is 0 Å². The maximum absolute atomic E-state index is 12.3. The van der Waals surface area contributed by atoms with Crippen molar-refractivity contribution in [3.05, 3.63) is 77.0 Å². The predicted octanol–water partition coefficient (Wildman–Crippen LogP) is 4.96. The molecule has 1 aromatic carbocycles. The quantitative estimate of drug-likeness (QED) is 0.286. The first kappa shape index (κ1) is 21.1. The maximum Gasteiger partial charge on any atom is 0.231 e. The van der Waals surface area contributed by atoms with Crippen LogP contribution in [-0.4, -0.2) is 25.7 Å². The fourth-order valence-corrected chi connectivity index (χ4v) is 4.63. The topological polar surface area (TPSA) is 85.8 Å². The van der Waals surface area contributed by atoms with E-state index >= 15 is 0 Å². The molecular formula is C22H21N5O2S2. The molecule has 0 aliphatic heterocycles. The molecule has 0 unspecified atom stereocenters. The predicted molar refractivity (Wildman–Crippen MR) is 123 cm³/mol. The van der Waals surface area contributed by atoms with E-state index in [1.165, 1.54) is 23.1 Å². The van der Waals surface area contributed by atoms with Crippen LogP contribution in [0.1, 0.15) is 16.3 Å². The second kappa shape index (κ2) is 9.76. The third kappa shape index (κ3) is 5.31. The molecule has 0 aliphatic rings. The minimum Gasteiger partial charge on any atom is -0.461 e. The van der Waals surface area contributed by atoms with Crippen molar-refractivity contribution in [1.29, 1.82) is 0 Å². The summed E-state index contributed by atoms with van der Waals surface area (Å²) in [6, 6.07) is 11.4. The number of amides is 1. The largest absolute Gasteiger partial charge is 0.461 e. The van der Waals surface area contributed by atoms with E-state index in [0.717, 1.165) is 27.1 Å². The lowest BCUT2D eigenvalue weighted by Crippen LogP contribution is -2.14. The molecular weight excluding hydrogens is 430 g/mol. The van der Waals surface area contributed by atoms with Crippen molar-refractivity contribution in [2.75, 3.05) is 5.32 Å². The smallest absolute Gasteiger partial charge is 0.231 e. The minimum absolute atomic E-state index is 0.0776. The van der Waals surface area contributed by atoms with Crippen molar-refractivity contribution in [3.8, 4) is 11.6 Å². The van der Waals surface area contributed by atoms with Gasteiger partial charge in [0.2, 0.25) is 11.7 Å². The van der Waals surface area contributed by atoms with E-state index in [0.29, 0.717) is 23.9 Å². The molecule has 0 bridgehead atoms. The Bertz CT molecular complexity index is 1160. The summed E-state index contributed by atoms with van der Waals surface area (Å²) in [5.41, 5.74) is 2.85. The third-order valence-corrected chi connectivity index (χ3v) is 6.26. The highest BCUT2D eigenvalue weighted by molar-refractivity contribution is 7.98. The zero-order valence-corrected chi connectivity index (χ0v) is 18.6. The van der Waals surface area contributed by atoms with Crippen LogP contribution in [0.5, 0.6) is 0 Å². The zero-order chi connectivity index (χ0) is 21.6. The first-order valence-electron chi connectivity index (χ1n) is 9.63. The molecule has 158 valence electrons. The Morgan fingerprint density at radius 1 is 1.29 bits per heavy atom. The highest BCUT2D eigenvalue weighted by Gasteiger charge is 2.16. The summed E-state index contributed by atoms with van der Waals surface area (Å²) in [4.78, 5) is 16.9. The van der Waals surface area contributed by atoms with E-state index in [1.807, 2.05) is 53.3 Å². The third-order valence-electron chi connectivity index (χ3n) is 4.37. The molecule has 3 heterocycles. The van der Waals surface area contributed by atoms with Gasteiger partial charge in [0, 0.05) is 23.4 Å². The number of thioether (sulfide) groups is 1. The minimum atomic E-state index is -0.0776. The molecule has 3 aromatic heterocycles. The van der Waals surface area contributed by atoms with Crippen LogP contribution >= 0.6 is 23.1 Å². The number of nitrogens with one attached hydrogen (secondary N) is 1. The first-order chi connectivity index (χ1) is 15.1. The van der Waals surface area contributed by atoms with Gasteiger partial charge in [-0.15, -0.1) is 28.1 Å². The number of carbonyl (C=O) groups excluding carboxylic acids is 1. The van der Waals surface area contributed by atoms with Gasteiger partial charge in [-0.2, -0.15) is 0 Å². The number of benzene rings is 1. The van der Waals surface area contributed by atoms with Crippen molar-refractivity contribution in [3.63, 3.8) is 0 Å². The van der Waals surface area contributed by atoms with Crippen molar-refractivity contribution in [1.82, 2.24) is 19.7 Å². The van der Waals surface area contributed by atoms with Gasteiger partial charge in [0.15, 0.2) is 10.9 Å². The summed E-state index contributed by atoms with van der Waals surface area (Å²) in [6.45, 7) is 6.41. The Morgan fingerprint density at radius 2 is 2.13 bits per heavy atom. The summed E-state index contributed by atoms with van der Waals surface area (Å²) in [6.07, 6.45) is 3.66. The molecule has 4 aromatic rings. The van der Waals surface area contributed by atoms with Gasteiger partial charge < -0.3 is 9.73 Å². The van der Waals surface area contributed by atoms with Gasteiger partial charge in [-0.05, 0) is 31.2 Å². The van der Waals surface area contributed by atoms with Gasteiger partial charge in [-0.1, -0.05) is 35.5 Å². The van der Waals surface area contributed by atoms with Crippen LogP contribution in [0, 0.1) is 6.92 Å². The number of allylic oxidation sites excluding steroid dienone is 1. The van der Waals surface area contributed by atoms with Gasteiger partial charge in [0.1, 0.15) is 5.01 Å². The molecule has 7 nitrogen and oxygen atoms in total. The number of thiazole rings is 1. The number of hydrogen-bond acceptors (Lipinski definition) is 7. The second-order valence-corrected chi connectivity index (χ2v) is 8.68. The SMILES string of the molecule is C=CCn1c(SCc2csc(CC(=O)Nc3ccc(C)cc3)n2)nnc1-c1ccco1. The number of nitrogens with zero attached hydrogens (tertiary/aromatic N) is 4. The van der Waals surface area contributed by atoms with Crippen molar-refractivity contribution in [2.24, 2.45) is 0 Å². The summed E-state index contributed by atoms with van der Waals surface area (Å²) in [5.74, 6) is 1.88. The highest BCUT2D eigenvalue weighted by atomic mass is 32.2. The van der Waals surface area contributed by atoms with Crippen LogP contribution in [0.4, 0.5) is 5.69 Å². The molecule has 31 heavy (non-hydrogen) atoms. The molecule has 0 saturated heterocycles. The number of rotatable bonds is 9. The number of aryl methyl sites for hydroxylation is 1. The Labute approximate surface area is 188 Å². The summed E-state index contributed by atoms with van der Waals surface area (Å²) in [5, 5.41) is 15.0. The van der Waals surface area contributed by atoms with E-state index in [-0.39, 0.29) is 12.3 Å². The van der Waals surface area contributed by atoms with Crippen LogP contribution < -0.4 is 5.32 Å². The Kier molecular flexibility index (Phi) is 6.63. The lowest BCUT2D eigenvalue weighted by molar-refractivity contribution is -0.115. The van der Waals surface area contributed by atoms with Gasteiger partial charge in [0.05, 0.1) is 18.4 Å². The Balaban J connectivity index is 1.36. The molecule has 0 fully saturated rings. The molecule has 0 aliphatic carbocycles. The molecule has 4 rings (SSSR count). The number of anilines is 1. The first-order valence-corrected chi connectivity index (χ1v) is 11.5. The van der Waals surface area contributed by atoms with Gasteiger partial charge in [0.25, 0.3) is 0 Å². The average molecular weight is 452 g/mol. The van der Waals surface area contributed by atoms with Crippen molar-refractivity contribution in [2.45, 2.75) is 30.8 Å². The Hall–Kier alpha value is -3.17. The van der Waals surface area contributed by atoms with E-state index in [9.17, 15) is 4.79 Å². The average Bonchev–Trinajstić information content (AvgIpc) is 3.50. The summed E-state index contributed by atoms with van der Waals surface area (Å²) >= 11 is 3.02. The maximum atomic E-state index is 12.3. The van der Waals surface area contributed by atoms with E-state index in [1.54, 1.807) is 12.3 Å². The van der Waals surface area contributed by atoms with Gasteiger partial charge >= 0.3 is 0 Å². The summed E-state index contributed by atoms with van der Waals surface area (Å²) < 4.78 is 7.41. The standard InChI is InChI=1S/C22H21N5O2S2/c1-3-10-27-21(18-5-4-11-29-18)25-26-22(27)31-14-17-13-30-20(24-17)12-19(28)23-16-8-6-15(2)7-9-16/h3-9,11,13H,1,10,12,14H2,2H3,(H,23,28). The van der Waals surface area contributed by atoms with E-state index in [4.69, 9.17) is 4.42 Å². The fraction of sp³-hybridized carbons (Fsp3) is 0.182. The molecule has 9 heteroatoms.